The van der Waals surface area contributed by atoms with Crippen molar-refractivity contribution in [3.63, 3.8) is 0 Å². The molecule has 0 N–H and O–H groups in total. The van der Waals surface area contributed by atoms with Gasteiger partial charge < -0.3 is 14.5 Å². The highest BCUT2D eigenvalue weighted by Crippen LogP contribution is 2.35. The SMILES string of the molecule is Cc1ccc(OCCN(C)c2ncnc3sc(C(=O)N(C)Cc4nccs4)c(C)c23)cc1. The van der Waals surface area contributed by atoms with Gasteiger partial charge in [0.25, 0.3) is 5.91 Å². The minimum atomic E-state index is -0.0305. The molecule has 0 saturated heterocycles. The maximum absolute atomic E-state index is 13.1. The molecule has 3 aromatic heterocycles. The Hall–Kier alpha value is -3.04. The number of rotatable bonds is 8. The van der Waals surface area contributed by atoms with E-state index in [1.165, 1.54) is 16.9 Å². The Morgan fingerprint density at radius 2 is 1.88 bits per heavy atom. The van der Waals surface area contributed by atoms with Crippen molar-refractivity contribution in [2.24, 2.45) is 0 Å². The first-order valence-electron chi connectivity index (χ1n) is 10.2. The highest BCUT2D eigenvalue weighted by Gasteiger charge is 2.23. The van der Waals surface area contributed by atoms with E-state index in [0.29, 0.717) is 24.6 Å². The van der Waals surface area contributed by atoms with Gasteiger partial charge in [-0.2, -0.15) is 0 Å². The molecule has 3 heterocycles. The lowest BCUT2D eigenvalue weighted by molar-refractivity contribution is 0.0789. The zero-order valence-corrected chi connectivity index (χ0v) is 20.2. The molecule has 0 saturated carbocycles. The van der Waals surface area contributed by atoms with Crippen molar-refractivity contribution in [3.05, 3.63) is 63.2 Å². The number of amides is 1. The Kier molecular flexibility index (Phi) is 6.66. The van der Waals surface area contributed by atoms with Gasteiger partial charge in [-0.3, -0.25) is 4.79 Å². The first-order valence-corrected chi connectivity index (χ1v) is 11.9. The number of hydrogen-bond acceptors (Lipinski definition) is 8. The summed E-state index contributed by atoms with van der Waals surface area (Å²) in [5.41, 5.74) is 2.11. The van der Waals surface area contributed by atoms with Crippen molar-refractivity contribution in [3.8, 4) is 5.75 Å². The van der Waals surface area contributed by atoms with Gasteiger partial charge in [-0.15, -0.1) is 22.7 Å². The van der Waals surface area contributed by atoms with E-state index in [1.54, 1.807) is 35.8 Å². The number of fused-ring (bicyclic) bond motifs is 1. The largest absolute Gasteiger partial charge is 0.492 e. The summed E-state index contributed by atoms with van der Waals surface area (Å²) < 4.78 is 5.87. The fourth-order valence-corrected chi connectivity index (χ4v) is 5.17. The smallest absolute Gasteiger partial charge is 0.264 e. The number of thiazole rings is 1. The average Bonchev–Trinajstić information content (AvgIpc) is 3.42. The van der Waals surface area contributed by atoms with Crippen LogP contribution in [0.2, 0.25) is 0 Å². The summed E-state index contributed by atoms with van der Waals surface area (Å²) in [6.45, 7) is 5.68. The van der Waals surface area contributed by atoms with Crippen LogP contribution in [0.15, 0.2) is 42.2 Å². The van der Waals surface area contributed by atoms with Gasteiger partial charge >= 0.3 is 0 Å². The lowest BCUT2D eigenvalue weighted by Gasteiger charge is -2.19. The highest BCUT2D eigenvalue weighted by atomic mass is 32.1. The molecule has 0 atom stereocenters. The van der Waals surface area contributed by atoms with Gasteiger partial charge in [0.15, 0.2) is 0 Å². The Morgan fingerprint density at radius 1 is 1.09 bits per heavy atom. The van der Waals surface area contributed by atoms with E-state index >= 15 is 0 Å². The molecule has 4 rings (SSSR count). The fourth-order valence-electron chi connectivity index (χ4n) is 3.37. The quantitative estimate of drug-likeness (QED) is 0.379. The molecule has 7 nitrogen and oxygen atoms in total. The molecule has 0 fully saturated rings. The first-order chi connectivity index (χ1) is 15.4. The third kappa shape index (κ3) is 4.73. The summed E-state index contributed by atoms with van der Waals surface area (Å²) in [5.74, 6) is 1.62. The Bertz CT molecular complexity index is 1210. The third-order valence-corrected chi connectivity index (χ3v) is 7.13. The van der Waals surface area contributed by atoms with Crippen LogP contribution in [-0.2, 0) is 6.54 Å². The van der Waals surface area contributed by atoms with Crippen LogP contribution in [0.25, 0.3) is 10.2 Å². The van der Waals surface area contributed by atoms with E-state index in [-0.39, 0.29) is 5.91 Å². The summed E-state index contributed by atoms with van der Waals surface area (Å²) in [6.07, 6.45) is 3.31. The molecule has 0 aliphatic carbocycles. The normalized spacial score (nSPS) is 11.0. The molecule has 0 radical (unpaired) electrons. The summed E-state index contributed by atoms with van der Waals surface area (Å²) in [5, 5.41) is 3.74. The predicted molar refractivity (Wildman–Crippen MR) is 130 cm³/mol. The van der Waals surface area contributed by atoms with Crippen molar-refractivity contribution in [1.82, 2.24) is 19.9 Å². The summed E-state index contributed by atoms with van der Waals surface area (Å²) >= 11 is 2.95. The van der Waals surface area contributed by atoms with Crippen LogP contribution in [0.4, 0.5) is 5.82 Å². The van der Waals surface area contributed by atoms with E-state index in [0.717, 1.165) is 32.4 Å². The van der Waals surface area contributed by atoms with E-state index < -0.39 is 0 Å². The van der Waals surface area contributed by atoms with Crippen LogP contribution in [0, 0.1) is 13.8 Å². The van der Waals surface area contributed by atoms with Gasteiger partial charge in [0.2, 0.25) is 0 Å². The zero-order valence-electron chi connectivity index (χ0n) is 18.5. The minimum absolute atomic E-state index is 0.0305. The van der Waals surface area contributed by atoms with E-state index in [1.807, 2.05) is 48.5 Å². The van der Waals surface area contributed by atoms with Crippen molar-refractivity contribution in [2.75, 3.05) is 32.1 Å². The van der Waals surface area contributed by atoms with E-state index in [4.69, 9.17) is 4.74 Å². The topological polar surface area (TPSA) is 71.5 Å². The second kappa shape index (κ2) is 9.62. The van der Waals surface area contributed by atoms with Gasteiger partial charge in [0.1, 0.15) is 34.3 Å². The predicted octanol–water partition coefficient (Wildman–Crippen LogP) is 4.55. The molecular formula is C23H25N5O2S2. The molecule has 0 aliphatic heterocycles. The first kappa shape index (κ1) is 22.2. The lowest BCUT2D eigenvalue weighted by Crippen LogP contribution is -2.26. The van der Waals surface area contributed by atoms with Gasteiger partial charge in [-0.05, 0) is 31.5 Å². The number of hydrogen-bond donors (Lipinski definition) is 0. The number of benzene rings is 1. The Labute approximate surface area is 195 Å². The van der Waals surface area contributed by atoms with Gasteiger partial charge in [-0.25, -0.2) is 15.0 Å². The maximum atomic E-state index is 13.1. The molecule has 9 heteroatoms. The molecular weight excluding hydrogens is 442 g/mol. The van der Waals surface area contributed by atoms with Crippen LogP contribution in [0.5, 0.6) is 5.75 Å². The fraction of sp³-hybridized carbons (Fsp3) is 0.304. The average molecular weight is 468 g/mol. The van der Waals surface area contributed by atoms with Gasteiger partial charge in [0.05, 0.1) is 23.4 Å². The molecule has 0 bridgehead atoms. The molecule has 4 aromatic rings. The van der Waals surface area contributed by atoms with Crippen molar-refractivity contribution >= 4 is 44.6 Å². The highest BCUT2D eigenvalue weighted by molar-refractivity contribution is 7.20. The van der Waals surface area contributed by atoms with E-state index in [9.17, 15) is 4.79 Å². The molecule has 166 valence electrons. The van der Waals surface area contributed by atoms with Crippen LogP contribution in [0.1, 0.15) is 25.8 Å². The van der Waals surface area contributed by atoms with Crippen LogP contribution >= 0.6 is 22.7 Å². The van der Waals surface area contributed by atoms with Crippen LogP contribution in [0.3, 0.4) is 0 Å². The molecule has 32 heavy (non-hydrogen) atoms. The summed E-state index contributed by atoms with van der Waals surface area (Å²) in [6, 6.07) is 8.01. The number of nitrogens with zero attached hydrogens (tertiary/aromatic N) is 5. The number of ether oxygens (including phenoxy) is 1. The number of aromatic nitrogens is 3. The minimum Gasteiger partial charge on any atom is -0.492 e. The summed E-state index contributed by atoms with van der Waals surface area (Å²) in [4.78, 5) is 31.6. The number of aryl methyl sites for hydroxylation is 2. The summed E-state index contributed by atoms with van der Waals surface area (Å²) in [7, 11) is 3.78. The van der Waals surface area contributed by atoms with Crippen molar-refractivity contribution in [2.45, 2.75) is 20.4 Å². The van der Waals surface area contributed by atoms with Crippen LogP contribution in [-0.4, -0.2) is 53.0 Å². The van der Waals surface area contributed by atoms with Gasteiger partial charge in [0, 0.05) is 25.7 Å². The van der Waals surface area contributed by atoms with Gasteiger partial charge in [-0.1, -0.05) is 17.7 Å². The number of likely N-dealkylation sites (N-methyl/N-ethyl adjacent to an activating group) is 1. The Morgan fingerprint density at radius 3 is 2.59 bits per heavy atom. The second-order valence-corrected chi connectivity index (χ2v) is 9.58. The number of thiophene rings is 1. The number of carbonyl (C=O) groups is 1. The van der Waals surface area contributed by atoms with Crippen LogP contribution < -0.4 is 9.64 Å². The van der Waals surface area contributed by atoms with E-state index in [2.05, 4.69) is 21.9 Å². The molecule has 1 aromatic carbocycles. The molecule has 0 unspecified atom stereocenters. The maximum Gasteiger partial charge on any atom is 0.264 e. The van der Waals surface area contributed by atoms with Crippen molar-refractivity contribution in [1.29, 1.82) is 0 Å². The lowest BCUT2D eigenvalue weighted by atomic mass is 10.2. The third-order valence-electron chi connectivity index (χ3n) is 5.18. The monoisotopic (exact) mass is 467 g/mol. The Balaban J connectivity index is 1.50. The number of anilines is 1. The van der Waals surface area contributed by atoms with Crippen molar-refractivity contribution < 1.29 is 9.53 Å². The molecule has 0 spiro atoms. The zero-order chi connectivity index (χ0) is 22.7. The molecule has 1 amide bonds. The number of carbonyl (C=O) groups excluding carboxylic acids is 1. The molecule has 0 aliphatic rings. The standard InChI is InChI=1S/C23H25N5O2S2/c1-15-5-7-17(8-6-15)30-11-10-27(3)21-19-16(2)20(32-22(19)26-14-25-21)23(29)28(4)13-18-24-9-12-31-18/h5-9,12,14H,10-11,13H2,1-4H3. The second-order valence-electron chi connectivity index (χ2n) is 7.60.